The predicted octanol–water partition coefficient (Wildman–Crippen LogP) is 1.96. The topological polar surface area (TPSA) is 30.5 Å². The van der Waals surface area contributed by atoms with Crippen molar-refractivity contribution in [3.8, 4) is 0 Å². The molecule has 90 valence electrons. The third-order valence-electron chi connectivity index (χ3n) is 2.82. The highest BCUT2D eigenvalue weighted by molar-refractivity contribution is 4.66. The molecule has 0 aromatic heterocycles. The van der Waals surface area contributed by atoms with E-state index in [0.29, 0.717) is 12.1 Å². The number of ether oxygens (including phenoxy) is 2. The molecule has 0 aromatic carbocycles. The molecule has 0 aromatic rings. The summed E-state index contributed by atoms with van der Waals surface area (Å²) < 4.78 is 11.2. The number of hydrogen-bond donors (Lipinski definition) is 1. The van der Waals surface area contributed by atoms with Gasteiger partial charge in [0, 0.05) is 12.6 Å². The predicted molar refractivity (Wildman–Crippen MR) is 62.2 cm³/mol. The van der Waals surface area contributed by atoms with Crippen molar-refractivity contribution in [2.75, 3.05) is 26.4 Å². The summed E-state index contributed by atoms with van der Waals surface area (Å²) in [5.74, 6) is 0. The Balaban J connectivity index is 2.00. The van der Waals surface area contributed by atoms with E-state index in [1.165, 1.54) is 19.3 Å². The van der Waals surface area contributed by atoms with Crippen molar-refractivity contribution < 1.29 is 9.47 Å². The van der Waals surface area contributed by atoms with Gasteiger partial charge in [-0.25, -0.2) is 0 Å². The highest BCUT2D eigenvalue weighted by atomic mass is 16.5. The molecule has 1 heterocycles. The van der Waals surface area contributed by atoms with Crippen LogP contribution in [0, 0.1) is 0 Å². The van der Waals surface area contributed by atoms with Crippen molar-refractivity contribution in [3.63, 3.8) is 0 Å². The van der Waals surface area contributed by atoms with Gasteiger partial charge < -0.3 is 14.8 Å². The molecule has 2 unspecified atom stereocenters. The summed E-state index contributed by atoms with van der Waals surface area (Å²) in [4.78, 5) is 0. The van der Waals surface area contributed by atoms with Crippen LogP contribution in [0.3, 0.4) is 0 Å². The Labute approximate surface area is 93.5 Å². The number of rotatable bonds is 8. The summed E-state index contributed by atoms with van der Waals surface area (Å²) in [6.07, 6.45) is 5.03. The summed E-state index contributed by atoms with van der Waals surface area (Å²) in [6.45, 7) is 7.97. The summed E-state index contributed by atoms with van der Waals surface area (Å²) in [6, 6.07) is 0.506. The van der Waals surface area contributed by atoms with Gasteiger partial charge in [-0.1, -0.05) is 13.8 Å². The average Bonchev–Trinajstić information content (AvgIpc) is 2.76. The van der Waals surface area contributed by atoms with Gasteiger partial charge in [0.1, 0.15) is 0 Å². The van der Waals surface area contributed by atoms with E-state index in [1.807, 2.05) is 0 Å². The molecule has 0 saturated carbocycles. The Kier molecular flexibility index (Phi) is 6.98. The second kappa shape index (κ2) is 8.08. The fourth-order valence-electron chi connectivity index (χ4n) is 1.79. The zero-order valence-corrected chi connectivity index (χ0v) is 10.1. The minimum atomic E-state index is 0.355. The maximum absolute atomic E-state index is 5.68. The van der Waals surface area contributed by atoms with Crippen LogP contribution >= 0.6 is 0 Å². The van der Waals surface area contributed by atoms with E-state index in [1.54, 1.807) is 0 Å². The van der Waals surface area contributed by atoms with Crippen LogP contribution in [0.1, 0.15) is 39.5 Å². The molecule has 3 nitrogen and oxygen atoms in total. The quantitative estimate of drug-likeness (QED) is 0.671. The van der Waals surface area contributed by atoms with Crippen LogP contribution in [0.5, 0.6) is 0 Å². The molecule has 0 spiro atoms. The summed E-state index contributed by atoms with van der Waals surface area (Å²) in [5, 5.41) is 3.48. The van der Waals surface area contributed by atoms with E-state index in [9.17, 15) is 0 Å². The normalized spacial score (nSPS) is 23.2. The Morgan fingerprint density at radius 2 is 2.33 bits per heavy atom. The zero-order chi connectivity index (χ0) is 10.9. The Bertz CT molecular complexity index is 147. The molecule has 1 aliphatic heterocycles. The van der Waals surface area contributed by atoms with Crippen molar-refractivity contribution in [3.05, 3.63) is 0 Å². The van der Waals surface area contributed by atoms with Gasteiger partial charge in [-0.05, 0) is 32.2 Å². The fraction of sp³-hybridized carbons (Fsp3) is 1.00. The van der Waals surface area contributed by atoms with Crippen molar-refractivity contribution in [2.45, 2.75) is 51.7 Å². The fourth-order valence-corrected chi connectivity index (χ4v) is 1.79. The average molecular weight is 215 g/mol. The van der Waals surface area contributed by atoms with Crippen LogP contribution < -0.4 is 5.32 Å². The lowest BCUT2D eigenvalue weighted by molar-refractivity contribution is 0.00990. The van der Waals surface area contributed by atoms with Gasteiger partial charge in [-0.15, -0.1) is 0 Å². The van der Waals surface area contributed by atoms with Crippen LogP contribution in [0.15, 0.2) is 0 Å². The first kappa shape index (κ1) is 12.9. The van der Waals surface area contributed by atoms with Crippen molar-refractivity contribution in [1.29, 1.82) is 0 Å². The molecule has 0 radical (unpaired) electrons. The summed E-state index contributed by atoms with van der Waals surface area (Å²) in [7, 11) is 0. The highest BCUT2D eigenvalue weighted by Crippen LogP contribution is 2.12. The van der Waals surface area contributed by atoms with Gasteiger partial charge in [0.2, 0.25) is 0 Å². The van der Waals surface area contributed by atoms with E-state index < -0.39 is 0 Å². The lowest BCUT2D eigenvalue weighted by Gasteiger charge is -2.18. The first-order valence-electron chi connectivity index (χ1n) is 6.29. The second-order valence-electron chi connectivity index (χ2n) is 4.23. The van der Waals surface area contributed by atoms with Gasteiger partial charge in [0.15, 0.2) is 0 Å². The lowest BCUT2D eigenvalue weighted by atomic mass is 10.2. The molecular formula is C12H25NO2. The number of hydrogen-bond acceptors (Lipinski definition) is 3. The van der Waals surface area contributed by atoms with Gasteiger partial charge in [0.05, 0.1) is 19.3 Å². The first-order valence-corrected chi connectivity index (χ1v) is 6.29. The van der Waals surface area contributed by atoms with E-state index in [2.05, 4.69) is 19.2 Å². The van der Waals surface area contributed by atoms with Gasteiger partial charge in [-0.2, -0.15) is 0 Å². The van der Waals surface area contributed by atoms with Crippen LogP contribution in [-0.2, 0) is 9.47 Å². The van der Waals surface area contributed by atoms with Crippen molar-refractivity contribution in [2.24, 2.45) is 0 Å². The van der Waals surface area contributed by atoms with Crippen LogP contribution in [0.25, 0.3) is 0 Å². The monoisotopic (exact) mass is 215 g/mol. The number of nitrogens with one attached hydrogen (secondary N) is 1. The van der Waals surface area contributed by atoms with E-state index in [4.69, 9.17) is 9.47 Å². The molecule has 1 rings (SSSR count). The molecule has 1 aliphatic rings. The zero-order valence-electron chi connectivity index (χ0n) is 10.1. The van der Waals surface area contributed by atoms with Crippen LogP contribution in [-0.4, -0.2) is 38.5 Å². The van der Waals surface area contributed by atoms with E-state index in [0.717, 1.165) is 32.8 Å². The maximum Gasteiger partial charge on any atom is 0.0809 e. The lowest BCUT2D eigenvalue weighted by Crippen LogP contribution is -2.34. The molecule has 1 N–H and O–H groups in total. The molecule has 0 bridgehead atoms. The SMILES string of the molecule is CCCNC(CC)COCC1CCCO1. The molecule has 0 amide bonds. The summed E-state index contributed by atoms with van der Waals surface area (Å²) >= 11 is 0. The Hall–Kier alpha value is -0.120. The maximum atomic E-state index is 5.68. The smallest absolute Gasteiger partial charge is 0.0809 e. The molecule has 1 saturated heterocycles. The van der Waals surface area contributed by atoms with Crippen molar-refractivity contribution in [1.82, 2.24) is 5.32 Å². The highest BCUT2D eigenvalue weighted by Gasteiger charge is 2.15. The van der Waals surface area contributed by atoms with Gasteiger partial charge in [0.25, 0.3) is 0 Å². The minimum absolute atomic E-state index is 0.355. The second-order valence-corrected chi connectivity index (χ2v) is 4.23. The largest absolute Gasteiger partial charge is 0.377 e. The molecule has 15 heavy (non-hydrogen) atoms. The Morgan fingerprint density at radius 3 is 2.93 bits per heavy atom. The van der Waals surface area contributed by atoms with Crippen LogP contribution in [0.4, 0.5) is 0 Å². The molecular weight excluding hydrogens is 190 g/mol. The Morgan fingerprint density at radius 1 is 1.47 bits per heavy atom. The standard InChI is InChI=1S/C12H25NO2/c1-3-7-13-11(4-2)9-14-10-12-6-5-8-15-12/h11-13H,3-10H2,1-2H3. The van der Waals surface area contributed by atoms with Gasteiger partial charge >= 0.3 is 0 Å². The minimum Gasteiger partial charge on any atom is -0.377 e. The van der Waals surface area contributed by atoms with Crippen LogP contribution in [0.2, 0.25) is 0 Å². The first-order chi connectivity index (χ1) is 7.36. The van der Waals surface area contributed by atoms with E-state index >= 15 is 0 Å². The van der Waals surface area contributed by atoms with Gasteiger partial charge in [-0.3, -0.25) is 0 Å². The molecule has 3 heteroatoms. The molecule has 2 atom stereocenters. The van der Waals surface area contributed by atoms with Crippen molar-refractivity contribution >= 4 is 0 Å². The van der Waals surface area contributed by atoms with E-state index in [-0.39, 0.29) is 0 Å². The third kappa shape index (κ3) is 5.50. The third-order valence-corrected chi connectivity index (χ3v) is 2.82. The molecule has 1 fully saturated rings. The summed E-state index contributed by atoms with van der Waals surface area (Å²) in [5.41, 5.74) is 0. The molecule has 0 aliphatic carbocycles.